The number of pyridine rings is 1. The number of aromatic nitrogens is 3. The molecule has 3 fully saturated rings. The largest absolute Gasteiger partial charge is 0.454 e. The molecule has 21 heavy (non-hydrogen) atoms. The van der Waals surface area contributed by atoms with E-state index in [0.29, 0.717) is 5.92 Å². The topological polar surface area (TPSA) is 43.2 Å². The summed E-state index contributed by atoms with van der Waals surface area (Å²) >= 11 is 3.53. The van der Waals surface area contributed by atoms with E-state index in [9.17, 15) is 0 Å². The highest BCUT2D eigenvalue weighted by atomic mass is 79.9. The van der Waals surface area contributed by atoms with Crippen molar-refractivity contribution in [2.75, 3.05) is 19.6 Å². The van der Waals surface area contributed by atoms with E-state index >= 15 is 0 Å². The van der Waals surface area contributed by atoms with E-state index in [2.05, 4.69) is 30.4 Å². The van der Waals surface area contributed by atoms with Gasteiger partial charge < -0.3 is 4.74 Å². The molecule has 0 amide bonds. The van der Waals surface area contributed by atoms with Crippen LogP contribution in [0.4, 0.5) is 0 Å². The van der Waals surface area contributed by atoms with Gasteiger partial charge in [0.15, 0.2) is 5.65 Å². The highest BCUT2D eigenvalue weighted by molar-refractivity contribution is 9.10. The second-order valence-corrected chi connectivity index (χ2v) is 7.45. The van der Waals surface area contributed by atoms with E-state index in [1.165, 1.54) is 25.9 Å². The molecule has 0 N–H and O–H groups in total. The smallest absolute Gasteiger partial charge is 0.299 e. The summed E-state index contributed by atoms with van der Waals surface area (Å²) in [6, 6.07) is 2.79. The lowest BCUT2D eigenvalue weighted by atomic mass is 9.75. The Bertz CT molecular complexity index is 750. The summed E-state index contributed by atoms with van der Waals surface area (Å²) in [7, 11) is 0. The van der Waals surface area contributed by atoms with Crippen LogP contribution in [0.25, 0.3) is 11.2 Å². The van der Waals surface area contributed by atoms with Crippen LogP contribution in [0.5, 0.6) is 6.01 Å². The first-order valence-corrected chi connectivity index (χ1v) is 8.39. The van der Waals surface area contributed by atoms with Gasteiger partial charge in [-0.1, -0.05) is 0 Å². The van der Waals surface area contributed by atoms with Crippen LogP contribution in [0, 0.1) is 12.8 Å². The molecule has 5 nitrogen and oxygen atoms in total. The van der Waals surface area contributed by atoms with Crippen LogP contribution in [-0.4, -0.2) is 44.7 Å². The molecule has 2 aromatic heterocycles. The predicted octanol–water partition coefficient (Wildman–Crippen LogP) is 2.36. The number of piperidine rings is 3. The van der Waals surface area contributed by atoms with Gasteiger partial charge in [-0.15, -0.1) is 0 Å². The van der Waals surface area contributed by atoms with Crippen LogP contribution in [0.1, 0.15) is 18.5 Å². The molecule has 3 saturated heterocycles. The van der Waals surface area contributed by atoms with Gasteiger partial charge >= 0.3 is 0 Å². The molecule has 0 aliphatic carbocycles. The molecule has 0 saturated carbocycles. The van der Waals surface area contributed by atoms with Crippen molar-refractivity contribution in [3.05, 3.63) is 16.2 Å². The maximum atomic E-state index is 6.39. The van der Waals surface area contributed by atoms with Crippen molar-refractivity contribution < 1.29 is 4.74 Å². The number of rotatable bonds is 0. The third-order valence-electron chi connectivity index (χ3n) is 5.36. The Morgan fingerprint density at radius 3 is 2.81 bits per heavy atom. The van der Waals surface area contributed by atoms with Gasteiger partial charge in [-0.25, -0.2) is 4.98 Å². The van der Waals surface area contributed by atoms with E-state index in [1.807, 2.05) is 13.0 Å². The van der Waals surface area contributed by atoms with E-state index < -0.39 is 0 Å². The van der Waals surface area contributed by atoms with Crippen LogP contribution in [-0.2, 0) is 6.54 Å². The first-order chi connectivity index (χ1) is 10.1. The van der Waals surface area contributed by atoms with Crippen molar-refractivity contribution in [1.82, 2.24) is 19.4 Å². The average molecular weight is 349 g/mol. The number of fused-ring (bicyclic) bond motifs is 5. The first-order valence-electron chi connectivity index (χ1n) is 7.59. The molecule has 0 radical (unpaired) electrons. The lowest BCUT2D eigenvalue weighted by molar-refractivity contribution is -0.0832. The van der Waals surface area contributed by atoms with Crippen molar-refractivity contribution in [3.63, 3.8) is 0 Å². The molecule has 4 aliphatic heterocycles. The zero-order valence-corrected chi connectivity index (χ0v) is 13.6. The van der Waals surface area contributed by atoms with Gasteiger partial charge in [0.2, 0.25) is 0 Å². The molecule has 1 atom stereocenters. The third-order valence-corrected chi connectivity index (χ3v) is 6.16. The standard InChI is InChI=1S/C15H17BrN4O/c1-9-11(16)6-12-13(17-9)20-8-15(21-14(20)18-12)7-19-4-2-10(15)3-5-19/h6,10H,2-5,7-8H2,1H3. The van der Waals surface area contributed by atoms with Crippen LogP contribution >= 0.6 is 15.9 Å². The highest BCUT2D eigenvalue weighted by Gasteiger charge is 2.53. The molecule has 110 valence electrons. The Labute approximate surface area is 131 Å². The normalized spacial score (nSPS) is 33.6. The molecular weight excluding hydrogens is 332 g/mol. The minimum absolute atomic E-state index is 0.0598. The molecular formula is C15H17BrN4O. The van der Waals surface area contributed by atoms with Crippen molar-refractivity contribution in [1.29, 1.82) is 0 Å². The number of hydrogen-bond acceptors (Lipinski definition) is 4. The summed E-state index contributed by atoms with van der Waals surface area (Å²) in [5.41, 5.74) is 2.81. The SMILES string of the molecule is Cc1nc2c(cc1Br)nc1n2CC2(CN3CCC2CC3)O1. The Balaban J connectivity index is 1.61. The quantitative estimate of drug-likeness (QED) is 0.732. The number of aryl methyl sites for hydroxylation is 1. The van der Waals surface area contributed by atoms with Gasteiger partial charge in [0.05, 0.1) is 12.2 Å². The van der Waals surface area contributed by atoms with Crippen molar-refractivity contribution >= 4 is 27.1 Å². The molecule has 2 bridgehead atoms. The fourth-order valence-electron chi connectivity index (χ4n) is 4.22. The van der Waals surface area contributed by atoms with Gasteiger partial charge in [0.25, 0.3) is 6.01 Å². The summed E-state index contributed by atoms with van der Waals surface area (Å²) in [6.07, 6.45) is 2.50. The fraction of sp³-hybridized carbons (Fsp3) is 0.600. The minimum Gasteiger partial charge on any atom is -0.454 e. The van der Waals surface area contributed by atoms with Crippen molar-refractivity contribution in [2.45, 2.75) is 31.9 Å². The minimum atomic E-state index is -0.0598. The monoisotopic (exact) mass is 348 g/mol. The summed E-state index contributed by atoms with van der Waals surface area (Å²) in [5.74, 6) is 0.663. The van der Waals surface area contributed by atoms with E-state index in [-0.39, 0.29) is 5.60 Å². The van der Waals surface area contributed by atoms with Gasteiger partial charge in [-0.3, -0.25) is 9.47 Å². The molecule has 1 spiro atoms. The third kappa shape index (κ3) is 1.60. The highest BCUT2D eigenvalue weighted by Crippen LogP contribution is 2.45. The van der Waals surface area contributed by atoms with Crippen LogP contribution in [0.15, 0.2) is 10.5 Å². The number of nitrogens with zero attached hydrogens (tertiary/aromatic N) is 4. The first kappa shape index (κ1) is 12.4. The second kappa shape index (κ2) is 3.98. The van der Waals surface area contributed by atoms with Gasteiger partial charge in [-0.2, -0.15) is 4.98 Å². The van der Waals surface area contributed by atoms with Gasteiger partial charge in [0.1, 0.15) is 11.1 Å². The van der Waals surface area contributed by atoms with Crippen LogP contribution in [0.2, 0.25) is 0 Å². The Hall–Kier alpha value is -1.14. The summed E-state index contributed by atoms with van der Waals surface area (Å²) < 4.78 is 9.57. The van der Waals surface area contributed by atoms with Gasteiger partial charge in [-0.05, 0) is 54.9 Å². The molecule has 6 heteroatoms. The lowest BCUT2D eigenvalue weighted by Crippen LogP contribution is -2.61. The number of ether oxygens (including phenoxy) is 1. The van der Waals surface area contributed by atoms with Crippen LogP contribution in [0.3, 0.4) is 0 Å². The maximum absolute atomic E-state index is 6.39. The Morgan fingerprint density at radius 1 is 1.29 bits per heavy atom. The summed E-state index contributed by atoms with van der Waals surface area (Å²) in [6.45, 7) is 6.40. The van der Waals surface area contributed by atoms with E-state index in [4.69, 9.17) is 9.72 Å². The zero-order chi connectivity index (χ0) is 14.2. The Kier molecular flexibility index (Phi) is 2.35. The fourth-order valence-corrected chi connectivity index (χ4v) is 4.52. The van der Waals surface area contributed by atoms with Crippen molar-refractivity contribution in [2.24, 2.45) is 5.92 Å². The molecule has 0 aromatic carbocycles. The second-order valence-electron chi connectivity index (χ2n) is 6.60. The van der Waals surface area contributed by atoms with E-state index in [1.54, 1.807) is 0 Å². The molecule has 1 unspecified atom stereocenters. The van der Waals surface area contributed by atoms with Crippen molar-refractivity contribution in [3.8, 4) is 6.01 Å². The number of hydrogen-bond donors (Lipinski definition) is 0. The maximum Gasteiger partial charge on any atom is 0.299 e. The molecule has 4 aliphatic rings. The molecule has 6 rings (SSSR count). The number of halogens is 1. The summed E-state index contributed by atoms with van der Waals surface area (Å²) in [5, 5.41) is 0. The molecule has 6 heterocycles. The molecule has 2 aromatic rings. The predicted molar refractivity (Wildman–Crippen MR) is 82.5 cm³/mol. The van der Waals surface area contributed by atoms with Gasteiger partial charge in [0, 0.05) is 16.9 Å². The zero-order valence-electron chi connectivity index (χ0n) is 12.0. The van der Waals surface area contributed by atoms with Crippen LogP contribution < -0.4 is 4.74 Å². The van der Waals surface area contributed by atoms with E-state index in [0.717, 1.165) is 40.4 Å². The Morgan fingerprint density at radius 2 is 2.10 bits per heavy atom. The lowest BCUT2D eigenvalue weighted by Gasteiger charge is -2.50. The summed E-state index contributed by atoms with van der Waals surface area (Å²) in [4.78, 5) is 11.9. The average Bonchev–Trinajstić information content (AvgIpc) is 2.96. The number of imidazole rings is 1.